The van der Waals surface area contributed by atoms with Crippen molar-refractivity contribution in [3.63, 3.8) is 0 Å². The number of rotatable bonds is 10. The van der Waals surface area contributed by atoms with Gasteiger partial charge in [0.15, 0.2) is 13.2 Å². The molecule has 0 spiro atoms. The maximum atomic E-state index is 13.3. The van der Waals surface area contributed by atoms with Gasteiger partial charge in [0.05, 0.1) is 12.7 Å². The lowest BCUT2D eigenvalue weighted by Crippen LogP contribution is -2.36. The normalized spacial score (nSPS) is 11.4. The number of aliphatic carboxylic acids is 2. The monoisotopic (exact) mass is 500 g/mol. The number of hydrogen-bond donors (Lipinski definition) is 2. The van der Waals surface area contributed by atoms with E-state index in [4.69, 9.17) is 19.0 Å². The molecule has 1 unspecified atom stereocenters. The van der Waals surface area contributed by atoms with E-state index in [1.165, 1.54) is 12.3 Å². The number of ether oxygens (including phenoxy) is 4. The molecular weight excluding hydrogens is 480 g/mol. The standard InChI is InChI=1S/C24H20O12/c1-12-3-5-13(6-4-12)15-9-33-16-7-14(36-22(23(29)30)24(31)32-2)8-17(20(16)21(15)28)34-11-19(27)35-10-18(25)26/h3-9,22H,10-11H2,1-2H3,(H,25,26)(H,29,30). The number of fused-ring (bicyclic) bond motifs is 1. The third-order valence-electron chi connectivity index (χ3n) is 4.77. The molecule has 3 aromatic rings. The highest BCUT2D eigenvalue weighted by Crippen LogP contribution is 2.32. The van der Waals surface area contributed by atoms with Gasteiger partial charge in [-0.3, -0.25) is 4.79 Å². The van der Waals surface area contributed by atoms with Crippen molar-refractivity contribution in [2.45, 2.75) is 13.0 Å². The Labute approximate surface area is 202 Å². The van der Waals surface area contributed by atoms with Crippen molar-refractivity contribution in [2.75, 3.05) is 20.3 Å². The van der Waals surface area contributed by atoms with Gasteiger partial charge < -0.3 is 33.6 Å². The second kappa shape index (κ2) is 11.0. The number of carbonyl (C=O) groups excluding carboxylic acids is 2. The van der Waals surface area contributed by atoms with Crippen LogP contribution in [0.25, 0.3) is 22.1 Å². The molecule has 0 saturated heterocycles. The van der Waals surface area contributed by atoms with Crippen molar-refractivity contribution in [2.24, 2.45) is 0 Å². The van der Waals surface area contributed by atoms with Crippen molar-refractivity contribution >= 4 is 34.8 Å². The van der Waals surface area contributed by atoms with Crippen LogP contribution in [0, 0.1) is 6.92 Å². The first kappa shape index (κ1) is 25.7. The smallest absolute Gasteiger partial charge is 0.359 e. The minimum atomic E-state index is -2.04. The molecule has 3 rings (SSSR count). The second-order valence-corrected chi connectivity index (χ2v) is 7.34. The molecule has 0 saturated carbocycles. The number of esters is 2. The van der Waals surface area contributed by atoms with Crippen molar-refractivity contribution < 1.29 is 52.8 Å². The fourth-order valence-corrected chi connectivity index (χ4v) is 3.07. The lowest BCUT2D eigenvalue weighted by Gasteiger charge is -2.15. The quantitative estimate of drug-likeness (QED) is 0.305. The maximum Gasteiger partial charge on any atom is 0.359 e. The molecule has 0 bridgehead atoms. The average Bonchev–Trinajstić information content (AvgIpc) is 2.84. The van der Waals surface area contributed by atoms with Gasteiger partial charge in [-0.1, -0.05) is 29.8 Å². The number of carbonyl (C=O) groups is 4. The molecule has 188 valence electrons. The van der Waals surface area contributed by atoms with Crippen LogP contribution in [0.3, 0.4) is 0 Å². The van der Waals surface area contributed by atoms with Crippen molar-refractivity contribution in [3.8, 4) is 22.6 Å². The van der Waals surface area contributed by atoms with Crippen LogP contribution in [-0.2, 0) is 28.7 Å². The number of methoxy groups -OCH3 is 1. The van der Waals surface area contributed by atoms with Gasteiger partial charge in [0.1, 0.15) is 28.7 Å². The summed E-state index contributed by atoms with van der Waals surface area (Å²) in [5.41, 5.74) is 1.04. The molecule has 0 aliphatic carbocycles. The topological polar surface area (TPSA) is 176 Å². The summed E-state index contributed by atoms with van der Waals surface area (Å²) < 4.78 is 25.1. The Balaban J connectivity index is 2.08. The molecule has 0 aliphatic rings. The minimum Gasteiger partial charge on any atom is -0.481 e. The van der Waals surface area contributed by atoms with Gasteiger partial charge in [0, 0.05) is 12.1 Å². The summed E-state index contributed by atoms with van der Waals surface area (Å²) in [6, 6.07) is 9.27. The summed E-state index contributed by atoms with van der Waals surface area (Å²) in [5, 5.41) is 17.8. The Morgan fingerprint density at radius 1 is 1.03 bits per heavy atom. The van der Waals surface area contributed by atoms with Gasteiger partial charge in [0.2, 0.25) is 5.43 Å². The molecule has 0 aliphatic heterocycles. The van der Waals surface area contributed by atoms with Crippen molar-refractivity contribution in [3.05, 3.63) is 58.4 Å². The molecule has 36 heavy (non-hydrogen) atoms. The average molecular weight is 500 g/mol. The summed E-state index contributed by atoms with van der Waals surface area (Å²) in [6.45, 7) is 0.187. The summed E-state index contributed by atoms with van der Waals surface area (Å²) in [4.78, 5) is 59.0. The van der Waals surface area contributed by atoms with Gasteiger partial charge in [-0.2, -0.15) is 0 Å². The van der Waals surface area contributed by atoms with Crippen molar-refractivity contribution in [1.82, 2.24) is 0 Å². The van der Waals surface area contributed by atoms with Crippen LogP contribution in [0.15, 0.2) is 51.9 Å². The van der Waals surface area contributed by atoms with E-state index >= 15 is 0 Å². The highest BCUT2D eigenvalue weighted by Gasteiger charge is 2.30. The molecule has 1 atom stereocenters. The Morgan fingerprint density at radius 2 is 1.72 bits per heavy atom. The highest BCUT2D eigenvalue weighted by molar-refractivity contribution is 5.97. The maximum absolute atomic E-state index is 13.3. The van der Waals surface area contributed by atoms with Gasteiger partial charge in [-0.15, -0.1) is 0 Å². The van der Waals surface area contributed by atoms with E-state index in [0.717, 1.165) is 18.7 Å². The number of carboxylic acids is 2. The zero-order valence-corrected chi connectivity index (χ0v) is 19.0. The largest absolute Gasteiger partial charge is 0.481 e. The lowest BCUT2D eigenvalue weighted by atomic mass is 10.0. The first-order valence-corrected chi connectivity index (χ1v) is 10.2. The fraction of sp³-hybridized carbons (Fsp3) is 0.208. The Bertz CT molecular complexity index is 1370. The number of carboxylic acid groups (broad SMARTS) is 2. The zero-order chi connectivity index (χ0) is 26.4. The molecule has 12 nitrogen and oxygen atoms in total. The van der Waals surface area contributed by atoms with Crippen LogP contribution in [0.4, 0.5) is 0 Å². The predicted octanol–water partition coefficient (Wildman–Crippen LogP) is 1.78. The van der Waals surface area contributed by atoms with Crippen LogP contribution >= 0.6 is 0 Å². The number of aryl methyl sites for hydroxylation is 1. The molecular formula is C24H20O12. The molecule has 2 N–H and O–H groups in total. The van der Waals surface area contributed by atoms with Crippen LogP contribution < -0.4 is 14.9 Å². The van der Waals surface area contributed by atoms with E-state index in [-0.39, 0.29) is 28.0 Å². The molecule has 1 aromatic heterocycles. The van der Waals surface area contributed by atoms with Crippen LogP contribution in [0.5, 0.6) is 11.5 Å². The summed E-state index contributed by atoms with van der Waals surface area (Å²) in [5.74, 6) is -5.77. The van der Waals surface area contributed by atoms with E-state index in [1.807, 2.05) is 6.92 Å². The molecule has 1 heterocycles. The summed E-state index contributed by atoms with van der Waals surface area (Å²) >= 11 is 0. The molecule has 0 fully saturated rings. The second-order valence-electron chi connectivity index (χ2n) is 7.34. The van der Waals surface area contributed by atoms with E-state index < -0.39 is 48.6 Å². The summed E-state index contributed by atoms with van der Waals surface area (Å²) in [6.07, 6.45) is -0.849. The third kappa shape index (κ3) is 5.97. The first-order valence-electron chi connectivity index (χ1n) is 10.2. The third-order valence-corrected chi connectivity index (χ3v) is 4.77. The van der Waals surface area contributed by atoms with Crippen LogP contribution in [0.2, 0.25) is 0 Å². The Kier molecular flexibility index (Phi) is 7.89. The Hall–Kier alpha value is -4.87. The van der Waals surface area contributed by atoms with Crippen LogP contribution in [-0.4, -0.2) is 60.5 Å². The predicted molar refractivity (Wildman–Crippen MR) is 121 cm³/mol. The van der Waals surface area contributed by atoms with Crippen molar-refractivity contribution in [1.29, 1.82) is 0 Å². The minimum absolute atomic E-state index is 0.101. The van der Waals surface area contributed by atoms with E-state index in [2.05, 4.69) is 9.47 Å². The number of hydrogen-bond acceptors (Lipinski definition) is 10. The van der Waals surface area contributed by atoms with Gasteiger partial charge in [-0.05, 0) is 12.5 Å². The SMILES string of the molecule is COC(=O)C(Oc1cc(OCC(=O)OCC(=O)O)c2c(=O)c(-c3ccc(C)cc3)coc2c1)C(=O)O. The fourth-order valence-electron chi connectivity index (χ4n) is 3.07. The van der Waals surface area contributed by atoms with E-state index in [1.54, 1.807) is 24.3 Å². The summed E-state index contributed by atoms with van der Waals surface area (Å²) in [7, 11) is 0.977. The van der Waals surface area contributed by atoms with Gasteiger partial charge >= 0.3 is 23.9 Å². The van der Waals surface area contributed by atoms with E-state index in [0.29, 0.717) is 5.56 Å². The Morgan fingerprint density at radius 3 is 2.33 bits per heavy atom. The van der Waals surface area contributed by atoms with Gasteiger partial charge in [-0.25, -0.2) is 19.2 Å². The molecule has 0 amide bonds. The molecule has 2 aromatic carbocycles. The lowest BCUT2D eigenvalue weighted by molar-refractivity contribution is -0.161. The first-order chi connectivity index (χ1) is 17.1. The number of benzene rings is 2. The van der Waals surface area contributed by atoms with E-state index in [9.17, 15) is 29.1 Å². The zero-order valence-electron chi connectivity index (χ0n) is 19.0. The highest BCUT2D eigenvalue weighted by atomic mass is 16.6. The van der Waals surface area contributed by atoms with Gasteiger partial charge in [0.25, 0.3) is 6.10 Å². The van der Waals surface area contributed by atoms with Crippen LogP contribution in [0.1, 0.15) is 5.56 Å². The molecule has 12 heteroatoms. The molecule has 0 radical (unpaired) electrons.